The first-order valence-electron chi connectivity index (χ1n) is 8.61. The molecular weight excluding hydrogens is 340 g/mol. The van der Waals surface area contributed by atoms with Crippen LogP contribution in [0.3, 0.4) is 0 Å². The van der Waals surface area contributed by atoms with Crippen LogP contribution in [-0.2, 0) is 19.0 Å². The largest absolute Gasteiger partial charge is 0.507 e. The van der Waals surface area contributed by atoms with Crippen molar-refractivity contribution in [1.82, 2.24) is 0 Å². The average molecular weight is 360 g/mol. The van der Waals surface area contributed by atoms with Gasteiger partial charge in [-0.1, -0.05) is 6.08 Å². The number of carbonyl (C=O) groups is 2. The molecule has 5 atom stereocenters. The fourth-order valence-corrected chi connectivity index (χ4v) is 3.34. The first kappa shape index (κ1) is 17.1. The number of methoxy groups -OCH3 is 1. The number of ketones is 1. The zero-order valence-corrected chi connectivity index (χ0v) is 14.5. The number of fused-ring (bicyclic) bond motifs is 4. The Hall–Kier alpha value is -2.38. The second-order valence-corrected chi connectivity index (χ2v) is 6.79. The Morgan fingerprint density at radius 3 is 2.65 bits per heavy atom. The van der Waals surface area contributed by atoms with Gasteiger partial charge in [0.1, 0.15) is 35.4 Å². The van der Waals surface area contributed by atoms with Gasteiger partial charge >= 0.3 is 5.97 Å². The van der Waals surface area contributed by atoms with Crippen LogP contribution >= 0.6 is 0 Å². The van der Waals surface area contributed by atoms with Crippen LogP contribution in [0.25, 0.3) is 0 Å². The van der Waals surface area contributed by atoms with Crippen LogP contribution in [0.1, 0.15) is 41.8 Å². The summed E-state index contributed by atoms with van der Waals surface area (Å²) in [7, 11) is 1.48. The van der Waals surface area contributed by atoms with E-state index in [4.69, 9.17) is 18.9 Å². The molecule has 0 saturated carbocycles. The quantitative estimate of drug-likeness (QED) is 0.605. The number of phenolic OH excluding ortho intramolecular Hbond substituents is 1. The first-order valence-corrected chi connectivity index (χ1v) is 8.61. The highest BCUT2D eigenvalue weighted by atomic mass is 16.6. The maximum Gasteiger partial charge on any atom is 0.342 e. The van der Waals surface area contributed by atoms with E-state index in [1.807, 2.05) is 0 Å². The summed E-state index contributed by atoms with van der Waals surface area (Å²) in [5, 5.41) is 10.3. The molecule has 0 aromatic heterocycles. The van der Waals surface area contributed by atoms with Crippen LogP contribution in [0.4, 0.5) is 0 Å². The van der Waals surface area contributed by atoms with E-state index in [9.17, 15) is 14.7 Å². The molecule has 0 bridgehead atoms. The molecule has 1 aromatic rings. The molecule has 0 amide bonds. The highest BCUT2D eigenvalue weighted by Crippen LogP contribution is 2.48. The van der Waals surface area contributed by atoms with Gasteiger partial charge in [0.05, 0.1) is 19.3 Å². The molecule has 0 aliphatic carbocycles. The van der Waals surface area contributed by atoms with Crippen molar-refractivity contribution in [3.05, 3.63) is 35.4 Å². The van der Waals surface area contributed by atoms with Crippen molar-refractivity contribution in [2.75, 3.05) is 7.11 Å². The topological polar surface area (TPSA) is 97.9 Å². The van der Waals surface area contributed by atoms with Gasteiger partial charge in [-0.15, -0.1) is 0 Å². The molecule has 2 fully saturated rings. The van der Waals surface area contributed by atoms with E-state index in [1.165, 1.54) is 19.3 Å². The van der Waals surface area contributed by atoms with E-state index < -0.39 is 18.2 Å². The summed E-state index contributed by atoms with van der Waals surface area (Å²) in [6, 6.07) is 3.05. The number of cyclic esters (lactones) is 1. The lowest BCUT2D eigenvalue weighted by Crippen LogP contribution is -2.17. The van der Waals surface area contributed by atoms with Crippen LogP contribution in [0.15, 0.2) is 24.3 Å². The van der Waals surface area contributed by atoms with E-state index in [1.54, 1.807) is 19.1 Å². The van der Waals surface area contributed by atoms with Gasteiger partial charge in [0.2, 0.25) is 0 Å². The van der Waals surface area contributed by atoms with Crippen molar-refractivity contribution in [1.29, 1.82) is 0 Å². The molecule has 4 rings (SSSR count). The maximum atomic E-state index is 12.6. The van der Waals surface area contributed by atoms with Crippen molar-refractivity contribution >= 4 is 11.8 Å². The standard InChI is InChI=1S/C19H20O7/c1-9-4-3-5-12(20)18-15(26-18)8-14-17(25-14)11-6-10(23-2)7-13(21)16(11)19(22)24-9/h3,5-7,9,14-15,17-18,21H,4,8H2,1-2H3/b5-3-/t9?,14?,15?,17-,18?/m0/s1. The highest BCUT2D eigenvalue weighted by Gasteiger charge is 2.52. The van der Waals surface area contributed by atoms with E-state index in [0.717, 1.165) is 0 Å². The van der Waals surface area contributed by atoms with Crippen LogP contribution in [0.2, 0.25) is 0 Å². The SMILES string of the molecule is COc1cc(O)c2c(c1)[C@@H]1OC1CC1OC1C(=O)/C=C\CC(C)OC2=O. The lowest BCUT2D eigenvalue weighted by atomic mass is 9.98. The molecule has 0 radical (unpaired) electrons. The summed E-state index contributed by atoms with van der Waals surface area (Å²) in [5.74, 6) is -0.484. The summed E-state index contributed by atoms with van der Waals surface area (Å²) in [5.41, 5.74) is 0.621. The number of benzene rings is 1. The Bertz CT molecular complexity index is 784. The molecule has 4 unspecified atom stereocenters. The zero-order chi connectivity index (χ0) is 18.4. The minimum atomic E-state index is -0.626. The van der Waals surface area contributed by atoms with Crippen molar-refractivity contribution in [3.63, 3.8) is 0 Å². The predicted molar refractivity (Wildman–Crippen MR) is 89.2 cm³/mol. The highest BCUT2D eigenvalue weighted by molar-refractivity contribution is 5.96. The van der Waals surface area contributed by atoms with Crippen LogP contribution in [-0.4, -0.2) is 48.4 Å². The average Bonchev–Trinajstić information content (AvgIpc) is 3.50. The Balaban J connectivity index is 1.68. The van der Waals surface area contributed by atoms with E-state index >= 15 is 0 Å². The second kappa shape index (κ2) is 6.41. The van der Waals surface area contributed by atoms with E-state index in [0.29, 0.717) is 24.2 Å². The molecular formula is C19H20O7. The number of hydrogen-bond acceptors (Lipinski definition) is 7. The number of aromatic hydroxyl groups is 1. The summed E-state index contributed by atoms with van der Waals surface area (Å²) < 4.78 is 21.8. The normalized spacial score (nSPS) is 34.5. The van der Waals surface area contributed by atoms with Gasteiger partial charge in [-0.2, -0.15) is 0 Å². The fraction of sp³-hybridized carbons (Fsp3) is 0.474. The Kier molecular flexibility index (Phi) is 4.20. The van der Waals surface area contributed by atoms with Crippen LogP contribution in [0, 0.1) is 0 Å². The molecule has 3 heterocycles. The van der Waals surface area contributed by atoms with Crippen molar-refractivity contribution < 1.29 is 33.6 Å². The van der Waals surface area contributed by atoms with Gasteiger partial charge in [-0.25, -0.2) is 4.79 Å². The Morgan fingerprint density at radius 1 is 1.15 bits per heavy atom. The fourth-order valence-electron chi connectivity index (χ4n) is 3.34. The molecule has 138 valence electrons. The summed E-state index contributed by atoms with van der Waals surface area (Å²) >= 11 is 0. The van der Waals surface area contributed by atoms with Gasteiger partial charge < -0.3 is 24.1 Å². The minimum absolute atomic E-state index is 0.0810. The third-order valence-electron chi connectivity index (χ3n) is 4.84. The third kappa shape index (κ3) is 3.20. The molecule has 3 aliphatic rings. The number of epoxide rings is 2. The van der Waals surface area contributed by atoms with Gasteiger partial charge in [-0.05, 0) is 19.1 Å². The molecule has 7 nitrogen and oxygen atoms in total. The summed E-state index contributed by atoms with van der Waals surface area (Å²) in [4.78, 5) is 24.6. The molecule has 3 aliphatic heterocycles. The molecule has 7 heteroatoms. The maximum absolute atomic E-state index is 12.6. The Morgan fingerprint density at radius 2 is 1.88 bits per heavy atom. The van der Waals surface area contributed by atoms with Gasteiger partial charge in [0, 0.05) is 24.5 Å². The van der Waals surface area contributed by atoms with Gasteiger partial charge in [0.25, 0.3) is 0 Å². The smallest absolute Gasteiger partial charge is 0.342 e. The monoisotopic (exact) mass is 360 g/mol. The molecule has 1 aromatic carbocycles. The number of phenols is 1. The van der Waals surface area contributed by atoms with Crippen LogP contribution in [0.5, 0.6) is 11.5 Å². The minimum Gasteiger partial charge on any atom is -0.507 e. The third-order valence-corrected chi connectivity index (χ3v) is 4.84. The molecule has 26 heavy (non-hydrogen) atoms. The van der Waals surface area contributed by atoms with Crippen LogP contribution < -0.4 is 4.74 Å². The first-order chi connectivity index (χ1) is 12.5. The number of ether oxygens (including phenoxy) is 4. The van der Waals surface area contributed by atoms with Gasteiger partial charge in [-0.3, -0.25) is 4.79 Å². The molecule has 1 N–H and O–H groups in total. The number of hydrogen-bond donors (Lipinski definition) is 1. The van der Waals surface area contributed by atoms with Crippen molar-refractivity contribution in [2.24, 2.45) is 0 Å². The number of rotatable bonds is 1. The van der Waals surface area contributed by atoms with Crippen molar-refractivity contribution in [2.45, 2.75) is 50.3 Å². The lowest BCUT2D eigenvalue weighted by molar-refractivity contribution is -0.115. The summed E-state index contributed by atoms with van der Waals surface area (Å²) in [6.07, 6.45) is 2.51. The molecule has 2 saturated heterocycles. The van der Waals surface area contributed by atoms with Crippen molar-refractivity contribution in [3.8, 4) is 11.5 Å². The molecule has 0 spiro atoms. The second-order valence-electron chi connectivity index (χ2n) is 6.79. The Labute approximate surface area is 150 Å². The number of esters is 1. The van der Waals surface area contributed by atoms with E-state index in [-0.39, 0.29) is 35.4 Å². The number of carbonyl (C=O) groups excluding carboxylic acids is 2. The van der Waals surface area contributed by atoms with Gasteiger partial charge in [0.15, 0.2) is 5.78 Å². The zero-order valence-electron chi connectivity index (χ0n) is 14.5. The summed E-state index contributed by atoms with van der Waals surface area (Å²) in [6.45, 7) is 1.73. The van der Waals surface area contributed by atoms with E-state index in [2.05, 4.69) is 0 Å². The predicted octanol–water partition coefficient (Wildman–Crippen LogP) is 2.07. The lowest BCUT2D eigenvalue weighted by Gasteiger charge is -2.15.